The van der Waals surface area contributed by atoms with E-state index in [0.717, 1.165) is 11.1 Å². The molecule has 1 aromatic heterocycles. The van der Waals surface area contributed by atoms with Gasteiger partial charge in [-0.1, -0.05) is 42.5 Å². The molecule has 118 valence electrons. The standard InChI is InChI=1S/C19H14FN3O/c20-17-11-5-4-10-16(17)19(24)23-22-18(14-7-2-1-3-8-14)15-9-6-12-21-13-15/h1-13H,(H,23,24). The lowest BCUT2D eigenvalue weighted by Crippen LogP contribution is -2.21. The van der Waals surface area contributed by atoms with Gasteiger partial charge in [-0.05, 0) is 24.3 Å². The van der Waals surface area contributed by atoms with Gasteiger partial charge in [-0.15, -0.1) is 0 Å². The Balaban J connectivity index is 1.93. The van der Waals surface area contributed by atoms with Gasteiger partial charge in [0.15, 0.2) is 0 Å². The van der Waals surface area contributed by atoms with Crippen molar-refractivity contribution in [3.63, 3.8) is 0 Å². The predicted molar refractivity (Wildman–Crippen MR) is 90.2 cm³/mol. The molecule has 2 aromatic carbocycles. The summed E-state index contributed by atoms with van der Waals surface area (Å²) < 4.78 is 13.7. The molecule has 0 bridgehead atoms. The van der Waals surface area contributed by atoms with Crippen LogP contribution in [0.2, 0.25) is 0 Å². The van der Waals surface area contributed by atoms with E-state index in [9.17, 15) is 9.18 Å². The van der Waals surface area contributed by atoms with Crippen LogP contribution in [0.4, 0.5) is 4.39 Å². The number of hydrogen-bond donors (Lipinski definition) is 1. The number of nitrogens with one attached hydrogen (secondary N) is 1. The van der Waals surface area contributed by atoms with Crippen LogP contribution in [0.5, 0.6) is 0 Å². The van der Waals surface area contributed by atoms with Gasteiger partial charge < -0.3 is 0 Å². The minimum Gasteiger partial charge on any atom is -0.267 e. The molecule has 24 heavy (non-hydrogen) atoms. The molecule has 0 atom stereocenters. The maximum atomic E-state index is 13.7. The van der Waals surface area contributed by atoms with Crippen molar-refractivity contribution < 1.29 is 9.18 Å². The molecule has 0 aliphatic carbocycles. The van der Waals surface area contributed by atoms with E-state index in [1.165, 1.54) is 18.2 Å². The van der Waals surface area contributed by atoms with E-state index in [0.29, 0.717) is 5.71 Å². The van der Waals surface area contributed by atoms with E-state index >= 15 is 0 Å². The quantitative estimate of drug-likeness (QED) is 0.592. The summed E-state index contributed by atoms with van der Waals surface area (Å²) in [5, 5.41) is 4.19. The molecule has 3 aromatic rings. The second-order valence-electron chi connectivity index (χ2n) is 4.99. The molecule has 0 aliphatic rings. The normalized spacial score (nSPS) is 11.1. The van der Waals surface area contributed by atoms with Crippen LogP contribution in [0, 0.1) is 5.82 Å². The van der Waals surface area contributed by atoms with Crippen LogP contribution in [-0.2, 0) is 0 Å². The number of carbonyl (C=O) groups excluding carboxylic acids is 1. The smallest absolute Gasteiger partial charge is 0.267 e. The van der Waals surface area contributed by atoms with E-state index < -0.39 is 11.7 Å². The fourth-order valence-corrected chi connectivity index (χ4v) is 2.21. The minimum atomic E-state index is -0.606. The van der Waals surface area contributed by atoms with Crippen LogP contribution < -0.4 is 5.43 Å². The summed E-state index contributed by atoms with van der Waals surface area (Å²) in [4.78, 5) is 16.2. The zero-order valence-corrected chi connectivity index (χ0v) is 12.7. The Bertz CT molecular complexity index is 823. The summed E-state index contributed by atoms with van der Waals surface area (Å²) in [5.74, 6) is -1.20. The monoisotopic (exact) mass is 319 g/mol. The first-order valence-electron chi connectivity index (χ1n) is 7.34. The van der Waals surface area contributed by atoms with Gasteiger partial charge in [0.2, 0.25) is 0 Å². The summed E-state index contributed by atoms with van der Waals surface area (Å²) >= 11 is 0. The summed E-state index contributed by atoms with van der Waals surface area (Å²) in [6, 6.07) is 18.8. The fraction of sp³-hybridized carbons (Fsp3) is 0. The number of pyridine rings is 1. The third kappa shape index (κ3) is 3.52. The van der Waals surface area contributed by atoms with Gasteiger partial charge in [-0.25, -0.2) is 9.82 Å². The van der Waals surface area contributed by atoms with Crippen molar-refractivity contribution in [3.8, 4) is 0 Å². The van der Waals surface area contributed by atoms with Gasteiger partial charge in [0.1, 0.15) is 5.82 Å². The van der Waals surface area contributed by atoms with Gasteiger partial charge in [0.05, 0.1) is 11.3 Å². The average molecular weight is 319 g/mol. The molecule has 0 aliphatic heterocycles. The number of amides is 1. The van der Waals surface area contributed by atoms with E-state index in [1.807, 2.05) is 36.4 Å². The van der Waals surface area contributed by atoms with Gasteiger partial charge in [0.25, 0.3) is 5.91 Å². The van der Waals surface area contributed by atoms with Crippen LogP contribution in [0.3, 0.4) is 0 Å². The van der Waals surface area contributed by atoms with E-state index in [4.69, 9.17) is 0 Å². The first kappa shape index (κ1) is 15.6. The largest absolute Gasteiger partial charge is 0.274 e. The van der Waals surface area contributed by atoms with Crippen molar-refractivity contribution in [1.29, 1.82) is 0 Å². The number of halogens is 1. The molecule has 3 rings (SSSR count). The maximum absolute atomic E-state index is 13.7. The van der Waals surface area contributed by atoms with Crippen LogP contribution >= 0.6 is 0 Å². The third-order valence-electron chi connectivity index (χ3n) is 3.37. The number of benzene rings is 2. The molecule has 1 N–H and O–H groups in total. The molecular weight excluding hydrogens is 305 g/mol. The second-order valence-corrected chi connectivity index (χ2v) is 4.99. The highest BCUT2D eigenvalue weighted by atomic mass is 19.1. The van der Waals surface area contributed by atoms with Crippen molar-refractivity contribution >= 4 is 11.6 Å². The Kier molecular flexibility index (Phi) is 4.72. The third-order valence-corrected chi connectivity index (χ3v) is 3.37. The van der Waals surface area contributed by atoms with Crippen LogP contribution in [0.25, 0.3) is 0 Å². The molecule has 0 spiro atoms. The van der Waals surface area contributed by atoms with Crippen LogP contribution in [0.1, 0.15) is 21.5 Å². The van der Waals surface area contributed by atoms with E-state index in [-0.39, 0.29) is 5.56 Å². The van der Waals surface area contributed by atoms with E-state index in [1.54, 1.807) is 24.5 Å². The maximum Gasteiger partial charge on any atom is 0.274 e. The average Bonchev–Trinajstić information content (AvgIpc) is 2.64. The Hall–Kier alpha value is -3.34. The number of nitrogens with zero attached hydrogens (tertiary/aromatic N) is 2. The van der Waals surface area contributed by atoms with Gasteiger partial charge in [-0.2, -0.15) is 5.10 Å². The fourth-order valence-electron chi connectivity index (χ4n) is 2.21. The van der Waals surface area contributed by atoms with Crippen LogP contribution in [-0.4, -0.2) is 16.6 Å². The minimum absolute atomic E-state index is 0.0557. The molecule has 0 unspecified atom stereocenters. The van der Waals surface area contributed by atoms with Gasteiger partial charge in [0, 0.05) is 23.5 Å². The van der Waals surface area contributed by atoms with Gasteiger partial charge >= 0.3 is 0 Å². The van der Waals surface area contributed by atoms with E-state index in [2.05, 4.69) is 15.5 Å². The SMILES string of the molecule is O=C(NN=C(c1ccccc1)c1cccnc1)c1ccccc1F. The van der Waals surface area contributed by atoms with Crippen molar-refractivity contribution in [2.24, 2.45) is 5.10 Å². The van der Waals surface area contributed by atoms with Crippen LogP contribution in [0.15, 0.2) is 84.2 Å². The summed E-state index contributed by atoms with van der Waals surface area (Å²) in [6.45, 7) is 0. The molecule has 4 nitrogen and oxygen atoms in total. The van der Waals surface area contributed by atoms with Crippen molar-refractivity contribution in [2.75, 3.05) is 0 Å². The predicted octanol–water partition coefficient (Wildman–Crippen LogP) is 3.40. The number of hydrogen-bond acceptors (Lipinski definition) is 3. The molecular formula is C19H14FN3O. The topological polar surface area (TPSA) is 54.4 Å². The zero-order chi connectivity index (χ0) is 16.8. The summed E-state index contributed by atoms with van der Waals surface area (Å²) in [5.41, 5.74) is 4.48. The van der Waals surface area contributed by atoms with Crippen molar-refractivity contribution in [3.05, 3.63) is 102 Å². The first-order chi connectivity index (χ1) is 11.8. The highest BCUT2D eigenvalue weighted by molar-refractivity contribution is 6.13. The summed E-state index contributed by atoms with van der Waals surface area (Å²) in [7, 11) is 0. The molecule has 5 heteroatoms. The Morgan fingerprint density at radius 1 is 0.917 bits per heavy atom. The summed E-state index contributed by atoms with van der Waals surface area (Å²) in [6.07, 6.45) is 3.31. The molecule has 0 saturated heterocycles. The number of aromatic nitrogens is 1. The molecule has 1 heterocycles. The first-order valence-corrected chi connectivity index (χ1v) is 7.34. The lowest BCUT2D eigenvalue weighted by Gasteiger charge is -2.08. The lowest BCUT2D eigenvalue weighted by molar-refractivity contribution is 0.0951. The Morgan fingerprint density at radius 2 is 1.62 bits per heavy atom. The van der Waals surface area contributed by atoms with Crippen molar-refractivity contribution in [2.45, 2.75) is 0 Å². The molecule has 0 saturated carbocycles. The second kappa shape index (κ2) is 7.28. The Morgan fingerprint density at radius 3 is 2.33 bits per heavy atom. The van der Waals surface area contributed by atoms with Crippen molar-refractivity contribution in [1.82, 2.24) is 10.4 Å². The highest BCUT2D eigenvalue weighted by Gasteiger charge is 2.12. The highest BCUT2D eigenvalue weighted by Crippen LogP contribution is 2.10. The lowest BCUT2D eigenvalue weighted by atomic mass is 10.0. The Labute approximate surface area is 138 Å². The molecule has 0 fully saturated rings. The number of carbonyl (C=O) groups is 1. The zero-order valence-electron chi connectivity index (χ0n) is 12.7. The molecule has 1 amide bonds. The number of rotatable bonds is 4. The van der Waals surface area contributed by atoms with Gasteiger partial charge in [-0.3, -0.25) is 9.78 Å². The molecule has 0 radical (unpaired) electrons. The number of hydrazone groups is 1.